The van der Waals surface area contributed by atoms with E-state index in [1.54, 1.807) is 12.3 Å². The Balaban J connectivity index is 2.38. The average molecular weight is 286 g/mol. The molecule has 0 aromatic carbocycles. The van der Waals surface area contributed by atoms with Gasteiger partial charge in [-0.3, -0.25) is 0 Å². The number of nitrogens with two attached hydrogens (primary N) is 1. The largest absolute Gasteiger partial charge is 0.444 e. The van der Waals surface area contributed by atoms with Gasteiger partial charge in [0, 0.05) is 18.8 Å². The second kappa shape index (κ2) is 6.73. The van der Waals surface area contributed by atoms with Gasteiger partial charge in [-0.2, -0.15) is 0 Å². The number of pyridine rings is 1. The monoisotopic (exact) mass is 285 g/mol. The molecule has 19 heavy (non-hydrogen) atoms. The van der Waals surface area contributed by atoms with Crippen LogP contribution < -0.4 is 11.1 Å². The molecule has 1 aromatic heterocycles. The van der Waals surface area contributed by atoms with Gasteiger partial charge >= 0.3 is 6.09 Å². The topological polar surface area (TPSA) is 77.2 Å². The Labute approximate surface area is 118 Å². The molecule has 1 unspecified atom stereocenters. The fourth-order valence-corrected chi connectivity index (χ4v) is 1.65. The van der Waals surface area contributed by atoms with Crippen LogP contribution in [0.4, 0.5) is 4.79 Å². The van der Waals surface area contributed by atoms with Crippen molar-refractivity contribution in [3.63, 3.8) is 0 Å². The molecule has 1 rings (SSSR count). The molecule has 5 nitrogen and oxygen atoms in total. The van der Waals surface area contributed by atoms with Gasteiger partial charge in [-0.25, -0.2) is 9.78 Å². The van der Waals surface area contributed by atoms with Gasteiger partial charge in [0.2, 0.25) is 0 Å². The number of amides is 1. The van der Waals surface area contributed by atoms with Crippen molar-refractivity contribution in [2.45, 2.75) is 38.8 Å². The van der Waals surface area contributed by atoms with E-state index in [9.17, 15) is 4.79 Å². The first-order chi connectivity index (χ1) is 8.78. The zero-order valence-corrected chi connectivity index (χ0v) is 12.2. The van der Waals surface area contributed by atoms with Crippen molar-refractivity contribution in [1.82, 2.24) is 10.3 Å². The molecule has 1 aromatic rings. The number of hydrogen-bond donors (Lipinski definition) is 2. The van der Waals surface area contributed by atoms with Crippen LogP contribution in [-0.2, 0) is 11.2 Å². The number of ether oxygens (including phenoxy) is 1. The molecule has 1 atom stereocenters. The predicted octanol–water partition coefficient (Wildman–Crippen LogP) is 2.13. The van der Waals surface area contributed by atoms with E-state index in [0.717, 1.165) is 5.56 Å². The van der Waals surface area contributed by atoms with Gasteiger partial charge in [0.25, 0.3) is 0 Å². The number of hydrogen-bond acceptors (Lipinski definition) is 4. The lowest BCUT2D eigenvalue weighted by Crippen LogP contribution is -2.41. The number of carbonyl (C=O) groups excluding carboxylic acids is 1. The highest BCUT2D eigenvalue weighted by Crippen LogP contribution is 2.13. The zero-order chi connectivity index (χ0) is 14.5. The van der Waals surface area contributed by atoms with Gasteiger partial charge in [0.1, 0.15) is 10.8 Å². The molecule has 0 aliphatic rings. The molecule has 106 valence electrons. The van der Waals surface area contributed by atoms with Gasteiger partial charge in [-0.1, -0.05) is 17.7 Å². The van der Waals surface area contributed by atoms with Crippen molar-refractivity contribution in [3.05, 3.63) is 29.0 Å². The molecule has 0 saturated heterocycles. The van der Waals surface area contributed by atoms with Crippen molar-refractivity contribution in [2.24, 2.45) is 5.73 Å². The van der Waals surface area contributed by atoms with Gasteiger partial charge in [0.05, 0.1) is 0 Å². The van der Waals surface area contributed by atoms with E-state index in [2.05, 4.69) is 10.3 Å². The first-order valence-electron chi connectivity index (χ1n) is 6.10. The predicted molar refractivity (Wildman–Crippen MR) is 75.2 cm³/mol. The number of halogens is 1. The van der Waals surface area contributed by atoms with Gasteiger partial charge in [0.15, 0.2) is 0 Å². The van der Waals surface area contributed by atoms with Crippen molar-refractivity contribution >= 4 is 17.7 Å². The molecule has 0 fully saturated rings. The van der Waals surface area contributed by atoms with E-state index in [-0.39, 0.29) is 6.04 Å². The lowest BCUT2D eigenvalue weighted by atomic mass is 10.1. The van der Waals surface area contributed by atoms with E-state index in [1.165, 1.54) is 0 Å². The minimum atomic E-state index is -0.513. The summed E-state index contributed by atoms with van der Waals surface area (Å²) in [5.41, 5.74) is 6.28. The van der Waals surface area contributed by atoms with Crippen LogP contribution in [0.25, 0.3) is 0 Å². The molecule has 1 heterocycles. The van der Waals surface area contributed by atoms with E-state index < -0.39 is 11.7 Å². The zero-order valence-electron chi connectivity index (χ0n) is 11.4. The summed E-state index contributed by atoms with van der Waals surface area (Å²) >= 11 is 5.94. The summed E-state index contributed by atoms with van der Waals surface area (Å²) < 4.78 is 5.12. The van der Waals surface area contributed by atoms with Crippen molar-refractivity contribution in [2.75, 3.05) is 6.54 Å². The third-order valence-corrected chi connectivity index (χ3v) is 2.57. The molecule has 0 saturated carbocycles. The van der Waals surface area contributed by atoms with Crippen molar-refractivity contribution in [1.29, 1.82) is 0 Å². The number of carbonyl (C=O) groups is 1. The third-order valence-electron chi connectivity index (χ3n) is 2.23. The van der Waals surface area contributed by atoms with Crippen LogP contribution in [0.3, 0.4) is 0 Å². The molecule has 0 bridgehead atoms. The minimum absolute atomic E-state index is 0.241. The van der Waals surface area contributed by atoms with Crippen molar-refractivity contribution in [3.8, 4) is 0 Å². The van der Waals surface area contributed by atoms with E-state index in [1.807, 2.05) is 26.8 Å². The van der Waals surface area contributed by atoms with Crippen LogP contribution in [0.5, 0.6) is 0 Å². The van der Waals surface area contributed by atoms with E-state index >= 15 is 0 Å². The Morgan fingerprint density at radius 2 is 2.26 bits per heavy atom. The van der Waals surface area contributed by atoms with Crippen LogP contribution in [0, 0.1) is 0 Å². The molecular weight excluding hydrogens is 266 g/mol. The standard InChI is InChI=1S/C13H20ClN3O2/c1-13(2,3)19-12(18)17-8-10(15)7-9-5-4-6-16-11(9)14/h4-6,10H,7-8,15H2,1-3H3,(H,17,18). The smallest absolute Gasteiger partial charge is 0.407 e. The quantitative estimate of drug-likeness (QED) is 0.831. The average Bonchev–Trinajstić information content (AvgIpc) is 2.27. The second-order valence-corrected chi connectivity index (χ2v) is 5.66. The Morgan fingerprint density at radius 1 is 1.58 bits per heavy atom. The highest BCUT2D eigenvalue weighted by molar-refractivity contribution is 6.30. The van der Waals surface area contributed by atoms with Gasteiger partial charge in [-0.15, -0.1) is 0 Å². The molecule has 3 N–H and O–H groups in total. The lowest BCUT2D eigenvalue weighted by molar-refractivity contribution is 0.0524. The Morgan fingerprint density at radius 3 is 2.84 bits per heavy atom. The lowest BCUT2D eigenvalue weighted by Gasteiger charge is -2.20. The summed E-state index contributed by atoms with van der Waals surface area (Å²) in [6.07, 6.45) is 1.69. The minimum Gasteiger partial charge on any atom is -0.444 e. The number of aromatic nitrogens is 1. The number of nitrogens with one attached hydrogen (secondary N) is 1. The second-order valence-electron chi connectivity index (χ2n) is 5.30. The van der Waals surface area contributed by atoms with E-state index in [0.29, 0.717) is 18.1 Å². The van der Waals surface area contributed by atoms with Crippen LogP contribution in [-0.4, -0.2) is 29.3 Å². The van der Waals surface area contributed by atoms with Gasteiger partial charge < -0.3 is 15.8 Å². The van der Waals surface area contributed by atoms with Crippen molar-refractivity contribution < 1.29 is 9.53 Å². The summed E-state index contributed by atoms with van der Waals surface area (Å²) in [5, 5.41) is 3.07. The molecule has 0 aliphatic carbocycles. The number of rotatable bonds is 4. The summed E-state index contributed by atoms with van der Waals surface area (Å²) in [5.74, 6) is 0. The maximum absolute atomic E-state index is 11.5. The Bertz CT molecular complexity index is 432. The van der Waals surface area contributed by atoms with Crippen LogP contribution in [0.2, 0.25) is 5.15 Å². The highest BCUT2D eigenvalue weighted by atomic mass is 35.5. The summed E-state index contributed by atoms with van der Waals surface area (Å²) in [6.45, 7) is 5.74. The highest BCUT2D eigenvalue weighted by Gasteiger charge is 2.16. The molecule has 0 aliphatic heterocycles. The van der Waals surface area contributed by atoms with Crippen LogP contribution in [0.1, 0.15) is 26.3 Å². The fourth-order valence-electron chi connectivity index (χ4n) is 1.45. The summed E-state index contributed by atoms with van der Waals surface area (Å²) in [4.78, 5) is 15.4. The Kier molecular flexibility index (Phi) is 5.57. The first kappa shape index (κ1) is 15.7. The molecular formula is C13H20ClN3O2. The first-order valence-corrected chi connectivity index (χ1v) is 6.47. The maximum Gasteiger partial charge on any atom is 0.407 e. The molecule has 6 heteroatoms. The SMILES string of the molecule is CC(C)(C)OC(=O)NCC(N)Cc1cccnc1Cl. The molecule has 1 amide bonds. The molecule has 0 radical (unpaired) electrons. The third kappa shape index (κ3) is 6.40. The fraction of sp³-hybridized carbons (Fsp3) is 0.538. The van der Waals surface area contributed by atoms with Crippen LogP contribution >= 0.6 is 11.6 Å². The Hall–Kier alpha value is -1.33. The summed E-state index contributed by atoms with van der Waals surface area (Å²) in [6, 6.07) is 3.42. The summed E-state index contributed by atoms with van der Waals surface area (Å²) in [7, 11) is 0. The maximum atomic E-state index is 11.5. The number of alkyl carbamates (subject to hydrolysis) is 1. The van der Waals surface area contributed by atoms with Gasteiger partial charge in [-0.05, 0) is 38.8 Å². The van der Waals surface area contributed by atoms with Crippen LogP contribution in [0.15, 0.2) is 18.3 Å². The van der Waals surface area contributed by atoms with E-state index in [4.69, 9.17) is 22.1 Å². The molecule has 0 spiro atoms. The number of nitrogens with zero attached hydrogens (tertiary/aromatic N) is 1. The normalized spacial score (nSPS) is 12.9.